The number of rotatable bonds is 9. The number of aliphatic hydroxyl groups excluding tert-OH is 1. The first kappa shape index (κ1) is 35.4. The molecular weight excluding hydrogens is 651 g/mol. The highest BCUT2D eigenvalue weighted by molar-refractivity contribution is 6.31. The van der Waals surface area contributed by atoms with Gasteiger partial charge in [-0.2, -0.15) is 0 Å². The van der Waals surface area contributed by atoms with Gasteiger partial charge in [-0.25, -0.2) is 9.18 Å². The van der Waals surface area contributed by atoms with E-state index < -0.39 is 33.8 Å². The number of nitrogens with zero attached hydrogens (tertiary/aromatic N) is 1. The van der Waals surface area contributed by atoms with E-state index in [0.29, 0.717) is 31.4 Å². The molecule has 0 saturated heterocycles. The highest BCUT2D eigenvalue weighted by atomic mass is 35.5. The lowest BCUT2D eigenvalue weighted by molar-refractivity contribution is -0.177. The van der Waals surface area contributed by atoms with Crippen LogP contribution in [-0.2, 0) is 11.2 Å². The monoisotopic (exact) mass is 702 g/mol. The topological polar surface area (TPSA) is 89.9 Å². The van der Waals surface area contributed by atoms with Crippen molar-refractivity contribution in [2.45, 2.75) is 103 Å². The normalized spacial score (nSPS) is 37.3. The quantitative estimate of drug-likeness (QED) is 0.229. The average Bonchev–Trinajstić information content (AvgIpc) is 3.36. The predicted octanol–water partition coefficient (Wildman–Crippen LogP) is 8.36. The van der Waals surface area contributed by atoms with Crippen LogP contribution >= 0.6 is 11.6 Å². The van der Waals surface area contributed by atoms with Crippen LogP contribution in [0.4, 0.5) is 9.18 Å². The number of nitrogens with one attached hydrogen (secondary N) is 1. The van der Waals surface area contributed by atoms with Gasteiger partial charge in [-0.05, 0) is 93.2 Å². The molecule has 6 nitrogen and oxygen atoms in total. The van der Waals surface area contributed by atoms with Gasteiger partial charge in [-0.1, -0.05) is 87.0 Å². The number of carbonyl (C=O) groups is 2. The van der Waals surface area contributed by atoms with E-state index in [1.54, 1.807) is 17.0 Å². The summed E-state index contributed by atoms with van der Waals surface area (Å²) in [5.41, 5.74) is -1.17. The number of fused-ring (bicyclic) bond motifs is 1. The van der Waals surface area contributed by atoms with Gasteiger partial charge >= 0.3 is 6.03 Å². The molecule has 3 N–H and O–H groups in total. The first-order valence-electron chi connectivity index (χ1n) is 18.6. The molecule has 6 aliphatic rings. The van der Waals surface area contributed by atoms with Gasteiger partial charge in [0.05, 0.1) is 24.3 Å². The summed E-state index contributed by atoms with van der Waals surface area (Å²) >= 11 is 6.46. The molecule has 268 valence electrons. The van der Waals surface area contributed by atoms with Crippen LogP contribution in [0.3, 0.4) is 0 Å². The van der Waals surface area contributed by atoms with E-state index >= 15 is 4.39 Å². The van der Waals surface area contributed by atoms with Crippen LogP contribution < -0.4 is 5.32 Å². The first-order valence-corrected chi connectivity index (χ1v) is 19.0. The Bertz CT molecular complexity index is 1710. The lowest BCUT2D eigenvalue weighted by Gasteiger charge is -2.71. The fourth-order valence-corrected chi connectivity index (χ4v) is 11.8. The van der Waals surface area contributed by atoms with Gasteiger partial charge in [-0.15, -0.1) is 0 Å². The third-order valence-electron chi connectivity index (χ3n) is 14.3. The summed E-state index contributed by atoms with van der Waals surface area (Å²) in [4.78, 5) is 30.3. The molecule has 8 rings (SSSR count). The van der Waals surface area contributed by atoms with Crippen molar-refractivity contribution < 1.29 is 24.2 Å². The second-order valence-corrected chi connectivity index (χ2v) is 17.0. The Morgan fingerprint density at radius 1 is 1.00 bits per heavy atom. The molecule has 0 heterocycles. The number of carbonyl (C=O) groups excluding carboxylic acids is 2. The van der Waals surface area contributed by atoms with E-state index in [0.717, 1.165) is 37.7 Å². The molecule has 2 aromatic carbocycles. The van der Waals surface area contributed by atoms with E-state index in [2.05, 4.69) is 37.4 Å². The molecule has 0 aliphatic heterocycles. The highest BCUT2D eigenvalue weighted by Crippen LogP contribution is 2.78. The van der Waals surface area contributed by atoms with Crippen LogP contribution in [0.25, 0.3) is 0 Å². The standard InChI is InChI=1S/C42H52ClFN2O4/c1-5-22-46(37(49)45-27(2)28-10-7-6-8-11-28)26-41(50)19-16-36-39(41,4)18-15-35-38(3)17-14-29(47)24-40(38)20-21-42(35,36)31(25-40)34(48)23-30-32(43)12-9-13-33(30)44/h6-13,20-21,25,27,29,35-36,47,50H,5,14-19,22-24,26H2,1-4H3,(H,45,49)/t27-,29?,35-,36-,38-,39+,40+,41-,42-/m1/s1. The minimum absolute atomic E-state index is 0.0713. The van der Waals surface area contributed by atoms with Gasteiger partial charge in [0.15, 0.2) is 5.78 Å². The van der Waals surface area contributed by atoms with Gasteiger partial charge < -0.3 is 20.4 Å². The van der Waals surface area contributed by atoms with E-state index in [1.165, 1.54) is 6.07 Å². The minimum Gasteiger partial charge on any atom is -0.393 e. The Morgan fingerprint density at radius 2 is 1.70 bits per heavy atom. The van der Waals surface area contributed by atoms with Crippen molar-refractivity contribution in [3.8, 4) is 0 Å². The number of hydrogen-bond acceptors (Lipinski definition) is 4. The molecule has 0 radical (unpaired) electrons. The maximum atomic E-state index is 15.1. The number of Topliss-reactive ketones (excluding diaryl/α,β-unsaturated/α-hetero) is 1. The number of aliphatic hydroxyl groups is 2. The van der Waals surface area contributed by atoms with Gasteiger partial charge in [-0.3, -0.25) is 4.79 Å². The Morgan fingerprint density at radius 3 is 2.42 bits per heavy atom. The van der Waals surface area contributed by atoms with Gasteiger partial charge in [0.1, 0.15) is 5.82 Å². The van der Waals surface area contributed by atoms with E-state index in [9.17, 15) is 19.8 Å². The van der Waals surface area contributed by atoms with E-state index in [1.807, 2.05) is 44.2 Å². The average molecular weight is 703 g/mol. The summed E-state index contributed by atoms with van der Waals surface area (Å²) in [6.45, 7) is 9.26. The van der Waals surface area contributed by atoms with Crippen molar-refractivity contribution in [2.24, 2.45) is 33.5 Å². The third kappa shape index (κ3) is 5.16. The molecule has 0 aromatic heterocycles. The molecule has 6 aliphatic carbocycles. The van der Waals surface area contributed by atoms with Crippen molar-refractivity contribution >= 4 is 23.4 Å². The Balaban J connectivity index is 1.25. The van der Waals surface area contributed by atoms with Crippen molar-refractivity contribution in [1.29, 1.82) is 0 Å². The number of allylic oxidation sites excluding steroid dienone is 4. The zero-order valence-corrected chi connectivity index (χ0v) is 30.6. The molecule has 8 heteroatoms. The second-order valence-electron chi connectivity index (χ2n) is 16.6. The van der Waals surface area contributed by atoms with E-state index in [-0.39, 0.29) is 58.7 Å². The van der Waals surface area contributed by atoms with E-state index in [4.69, 9.17) is 11.6 Å². The fraction of sp³-hybridized carbons (Fsp3) is 0.571. The number of halogens is 2. The maximum absolute atomic E-state index is 15.1. The van der Waals surface area contributed by atoms with Crippen LogP contribution in [0.15, 0.2) is 72.3 Å². The van der Waals surface area contributed by atoms with Gasteiger partial charge in [0.25, 0.3) is 0 Å². The summed E-state index contributed by atoms with van der Waals surface area (Å²) in [6.07, 6.45) is 11.7. The summed E-state index contributed by atoms with van der Waals surface area (Å²) in [5.74, 6) is -0.588. The lowest BCUT2D eigenvalue weighted by Crippen LogP contribution is -2.67. The number of ketones is 1. The van der Waals surface area contributed by atoms with Crippen LogP contribution in [0.2, 0.25) is 5.02 Å². The van der Waals surface area contributed by atoms with Gasteiger partial charge in [0, 0.05) is 45.4 Å². The summed E-state index contributed by atoms with van der Waals surface area (Å²) in [7, 11) is 0. The lowest BCUT2D eigenvalue weighted by atomic mass is 9.32. The maximum Gasteiger partial charge on any atom is 0.317 e. The second kappa shape index (κ2) is 12.6. The highest BCUT2D eigenvalue weighted by Gasteiger charge is 2.74. The summed E-state index contributed by atoms with van der Waals surface area (Å²) in [5, 5.41) is 27.2. The van der Waals surface area contributed by atoms with Crippen LogP contribution in [0.5, 0.6) is 0 Å². The van der Waals surface area contributed by atoms with Gasteiger partial charge in [0.2, 0.25) is 0 Å². The predicted molar refractivity (Wildman–Crippen MR) is 194 cm³/mol. The van der Waals surface area contributed by atoms with Crippen molar-refractivity contribution in [3.63, 3.8) is 0 Å². The molecular formula is C42H52ClFN2O4. The van der Waals surface area contributed by atoms with Crippen molar-refractivity contribution in [2.75, 3.05) is 13.1 Å². The van der Waals surface area contributed by atoms with Crippen molar-refractivity contribution in [3.05, 3.63) is 94.3 Å². The summed E-state index contributed by atoms with van der Waals surface area (Å²) in [6, 6.07) is 14.0. The van der Waals surface area contributed by atoms with Crippen LogP contribution in [0, 0.1) is 39.3 Å². The summed E-state index contributed by atoms with van der Waals surface area (Å²) < 4.78 is 15.1. The Labute approximate surface area is 301 Å². The smallest absolute Gasteiger partial charge is 0.317 e. The zero-order valence-electron chi connectivity index (χ0n) is 29.9. The molecule has 2 amide bonds. The molecule has 9 atom stereocenters. The number of hydrogen-bond donors (Lipinski definition) is 3. The number of benzene rings is 2. The first-order chi connectivity index (χ1) is 23.7. The van der Waals surface area contributed by atoms with Crippen molar-refractivity contribution in [1.82, 2.24) is 10.2 Å². The molecule has 2 bridgehead atoms. The van der Waals surface area contributed by atoms with Crippen LogP contribution in [0.1, 0.15) is 96.2 Å². The molecule has 1 unspecified atom stereocenters. The minimum atomic E-state index is -1.17. The molecule has 50 heavy (non-hydrogen) atoms. The van der Waals surface area contributed by atoms with Crippen LogP contribution in [-0.4, -0.2) is 51.7 Å². The SMILES string of the molecule is CCCN(C[C@]1(O)CC[C@H]2[C@]34C=C[C@@]5(C=C3C(=O)Cc3c(F)cccc3Cl)CC(O)CC[C@]5(C)[C@H]4CC[C@@]21C)C(=O)N[C@H](C)c1ccccc1. The largest absolute Gasteiger partial charge is 0.393 e. The molecule has 2 aromatic rings. The zero-order chi connectivity index (χ0) is 35.7. The number of amides is 2. The number of urea groups is 1. The fourth-order valence-electron chi connectivity index (χ4n) is 11.6. The Kier molecular flexibility index (Phi) is 8.92. The third-order valence-corrected chi connectivity index (χ3v) is 14.6. The molecule has 3 fully saturated rings. The molecule has 2 spiro atoms. The Hall–Kier alpha value is -3.00. The molecule has 3 saturated carbocycles.